The average molecular weight is 303 g/mol. The van der Waals surface area contributed by atoms with Gasteiger partial charge in [-0.15, -0.1) is 0 Å². The van der Waals surface area contributed by atoms with Crippen molar-refractivity contribution in [1.82, 2.24) is 4.90 Å². The maximum absolute atomic E-state index is 13.5. The molecule has 1 rings (SSSR count). The molecule has 0 saturated carbocycles. The van der Waals surface area contributed by atoms with Crippen LogP contribution in [0.4, 0.5) is 10.1 Å². The Morgan fingerprint density at radius 1 is 1.40 bits per heavy atom. The van der Waals surface area contributed by atoms with E-state index in [1.165, 1.54) is 12.1 Å². The average Bonchev–Trinajstić information content (AvgIpc) is 2.40. The normalized spacial score (nSPS) is 10.8. The number of carbonyl (C=O) groups is 1. The predicted molar refractivity (Wildman–Crippen MR) is 78.5 cm³/mol. The van der Waals surface area contributed by atoms with E-state index < -0.39 is 5.82 Å². The summed E-state index contributed by atoms with van der Waals surface area (Å²) >= 11 is 5.64. The standard InChI is InChI=1S/C14H20ClFN2O2/c1-2-6-18(8-9-19)7-5-14(20)17-13-4-3-11(15)10-12(13)16/h3-4,10,19H,2,5-9H2,1H3,(H,17,20). The van der Waals surface area contributed by atoms with Crippen LogP contribution in [0.1, 0.15) is 19.8 Å². The van der Waals surface area contributed by atoms with E-state index in [4.69, 9.17) is 16.7 Å². The first-order chi connectivity index (χ1) is 9.56. The lowest BCUT2D eigenvalue weighted by Gasteiger charge is -2.20. The molecule has 0 fully saturated rings. The van der Waals surface area contributed by atoms with Gasteiger partial charge in [-0.05, 0) is 31.2 Å². The van der Waals surface area contributed by atoms with Crippen LogP contribution < -0.4 is 5.32 Å². The molecule has 2 N–H and O–H groups in total. The highest BCUT2D eigenvalue weighted by Crippen LogP contribution is 2.18. The smallest absolute Gasteiger partial charge is 0.225 e. The van der Waals surface area contributed by atoms with Gasteiger partial charge in [-0.3, -0.25) is 4.79 Å². The van der Waals surface area contributed by atoms with Crippen molar-refractivity contribution >= 4 is 23.2 Å². The number of nitrogens with one attached hydrogen (secondary N) is 1. The van der Waals surface area contributed by atoms with Crippen LogP contribution in [0.3, 0.4) is 0 Å². The fourth-order valence-electron chi connectivity index (χ4n) is 1.86. The van der Waals surface area contributed by atoms with Gasteiger partial charge in [0.15, 0.2) is 0 Å². The van der Waals surface area contributed by atoms with Crippen molar-refractivity contribution in [3.05, 3.63) is 29.0 Å². The lowest BCUT2D eigenvalue weighted by molar-refractivity contribution is -0.116. The molecule has 0 aliphatic heterocycles. The highest BCUT2D eigenvalue weighted by Gasteiger charge is 2.10. The van der Waals surface area contributed by atoms with Gasteiger partial charge in [0, 0.05) is 24.5 Å². The number of carbonyl (C=O) groups excluding carboxylic acids is 1. The highest BCUT2D eigenvalue weighted by atomic mass is 35.5. The summed E-state index contributed by atoms with van der Waals surface area (Å²) in [5.74, 6) is -0.808. The minimum atomic E-state index is -0.549. The van der Waals surface area contributed by atoms with Crippen LogP contribution in [0.2, 0.25) is 5.02 Å². The second kappa shape index (κ2) is 8.89. The molecular weight excluding hydrogens is 283 g/mol. The summed E-state index contributed by atoms with van der Waals surface area (Å²) in [4.78, 5) is 13.8. The second-order valence-electron chi connectivity index (χ2n) is 4.49. The van der Waals surface area contributed by atoms with Crippen molar-refractivity contribution in [1.29, 1.82) is 0 Å². The molecular formula is C14H20ClFN2O2. The number of aliphatic hydroxyl groups is 1. The maximum Gasteiger partial charge on any atom is 0.225 e. The molecule has 0 aliphatic rings. The van der Waals surface area contributed by atoms with E-state index in [1.54, 1.807) is 0 Å². The molecule has 1 amide bonds. The number of aliphatic hydroxyl groups excluding tert-OH is 1. The minimum absolute atomic E-state index is 0.0629. The van der Waals surface area contributed by atoms with Gasteiger partial charge in [-0.1, -0.05) is 18.5 Å². The lowest BCUT2D eigenvalue weighted by Crippen LogP contribution is -2.31. The van der Waals surface area contributed by atoms with Gasteiger partial charge in [-0.25, -0.2) is 4.39 Å². The van der Waals surface area contributed by atoms with Gasteiger partial charge in [0.1, 0.15) is 5.82 Å². The number of benzene rings is 1. The van der Waals surface area contributed by atoms with Crippen molar-refractivity contribution in [2.24, 2.45) is 0 Å². The van der Waals surface area contributed by atoms with Gasteiger partial charge in [-0.2, -0.15) is 0 Å². The molecule has 4 nitrogen and oxygen atoms in total. The van der Waals surface area contributed by atoms with Gasteiger partial charge in [0.05, 0.1) is 12.3 Å². The number of rotatable bonds is 8. The van der Waals surface area contributed by atoms with Gasteiger partial charge < -0.3 is 15.3 Å². The molecule has 0 saturated heterocycles. The SMILES string of the molecule is CCCN(CCO)CCC(=O)Nc1ccc(Cl)cc1F. The predicted octanol–water partition coefficient (Wildman–Crippen LogP) is 2.51. The van der Waals surface area contributed by atoms with Gasteiger partial charge >= 0.3 is 0 Å². The van der Waals surface area contributed by atoms with Crippen LogP contribution in [0.25, 0.3) is 0 Å². The van der Waals surface area contributed by atoms with Crippen LogP contribution in [0.5, 0.6) is 0 Å². The summed E-state index contributed by atoms with van der Waals surface area (Å²) in [6.45, 7) is 4.00. The zero-order valence-electron chi connectivity index (χ0n) is 11.5. The van der Waals surface area contributed by atoms with Crippen molar-refractivity contribution < 1.29 is 14.3 Å². The Bertz CT molecular complexity index is 437. The number of nitrogens with zero attached hydrogens (tertiary/aromatic N) is 1. The summed E-state index contributed by atoms with van der Waals surface area (Å²) < 4.78 is 13.5. The molecule has 0 aromatic heterocycles. The Morgan fingerprint density at radius 3 is 2.75 bits per heavy atom. The summed E-state index contributed by atoms with van der Waals surface area (Å²) in [6, 6.07) is 4.12. The first kappa shape index (κ1) is 16.9. The van der Waals surface area contributed by atoms with Crippen LogP contribution >= 0.6 is 11.6 Å². The Balaban J connectivity index is 2.46. The van der Waals surface area contributed by atoms with Crippen LogP contribution in [-0.4, -0.2) is 42.2 Å². The number of amides is 1. The van der Waals surface area contributed by atoms with E-state index >= 15 is 0 Å². The molecule has 0 heterocycles. The summed E-state index contributed by atoms with van der Waals surface area (Å²) in [5, 5.41) is 11.7. The van der Waals surface area contributed by atoms with E-state index in [0.717, 1.165) is 19.0 Å². The van der Waals surface area contributed by atoms with Crippen molar-refractivity contribution in [2.45, 2.75) is 19.8 Å². The van der Waals surface area contributed by atoms with E-state index in [2.05, 4.69) is 5.32 Å². The minimum Gasteiger partial charge on any atom is -0.395 e. The van der Waals surface area contributed by atoms with E-state index in [1.807, 2.05) is 11.8 Å². The van der Waals surface area contributed by atoms with E-state index in [0.29, 0.717) is 13.1 Å². The van der Waals surface area contributed by atoms with Gasteiger partial charge in [0.2, 0.25) is 5.91 Å². The molecule has 0 aliphatic carbocycles. The first-order valence-corrected chi connectivity index (χ1v) is 7.02. The summed E-state index contributed by atoms with van der Waals surface area (Å²) in [7, 11) is 0. The third-order valence-corrected chi connectivity index (χ3v) is 3.05. The molecule has 0 atom stereocenters. The maximum atomic E-state index is 13.5. The fourth-order valence-corrected chi connectivity index (χ4v) is 2.02. The molecule has 0 bridgehead atoms. The third kappa shape index (κ3) is 5.86. The third-order valence-electron chi connectivity index (χ3n) is 2.82. The van der Waals surface area contributed by atoms with Crippen LogP contribution in [0.15, 0.2) is 18.2 Å². The van der Waals surface area contributed by atoms with Crippen molar-refractivity contribution in [3.8, 4) is 0 Å². The molecule has 0 unspecified atom stereocenters. The highest BCUT2D eigenvalue weighted by molar-refractivity contribution is 6.30. The van der Waals surface area contributed by atoms with Gasteiger partial charge in [0.25, 0.3) is 0 Å². The second-order valence-corrected chi connectivity index (χ2v) is 4.92. The number of anilines is 1. The van der Waals surface area contributed by atoms with Crippen LogP contribution in [0, 0.1) is 5.82 Å². The Morgan fingerprint density at radius 2 is 2.15 bits per heavy atom. The topological polar surface area (TPSA) is 52.6 Å². The largest absolute Gasteiger partial charge is 0.395 e. The molecule has 0 radical (unpaired) electrons. The number of halogens is 2. The number of hydrogen-bond donors (Lipinski definition) is 2. The molecule has 1 aromatic rings. The monoisotopic (exact) mass is 302 g/mol. The zero-order chi connectivity index (χ0) is 15.0. The Hall–Kier alpha value is -1.17. The molecule has 20 heavy (non-hydrogen) atoms. The quantitative estimate of drug-likeness (QED) is 0.776. The number of hydrogen-bond acceptors (Lipinski definition) is 3. The molecule has 112 valence electrons. The Labute approximate surface area is 123 Å². The lowest BCUT2D eigenvalue weighted by atomic mass is 10.2. The Kier molecular flexibility index (Phi) is 7.51. The zero-order valence-corrected chi connectivity index (χ0v) is 12.3. The van der Waals surface area contributed by atoms with E-state index in [-0.39, 0.29) is 29.6 Å². The summed E-state index contributed by atoms with van der Waals surface area (Å²) in [5.41, 5.74) is 0.128. The van der Waals surface area contributed by atoms with Crippen molar-refractivity contribution in [2.75, 3.05) is 31.6 Å². The molecule has 6 heteroatoms. The van der Waals surface area contributed by atoms with Crippen molar-refractivity contribution in [3.63, 3.8) is 0 Å². The fraction of sp³-hybridized carbons (Fsp3) is 0.500. The van der Waals surface area contributed by atoms with Crippen LogP contribution in [-0.2, 0) is 4.79 Å². The summed E-state index contributed by atoms with van der Waals surface area (Å²) in [6.07, 6.45) is 1.20. The first-order valence-electron chi connectivity index (χ1n) is 6.65. The molecule has 0 spiro atoms. The van der Waals surface area contributed by atoms with E-state index in [9.17, 15) is 9.18 Å². The molecule has 1 aromatic carbocycles.